The van der Waals surface area contributed by atoms with Gasteiger partial charge in [0.25, 0.3) is 5.89 Å². The van der Waals surface area contributed by atoms with Gasteiger partial charge in [-0.05, 0) is 35.6 Å². The van der Waals surface area contributed by atoms with Crippen LogP contribution in [0.4, 0.5) is 0 Å². The molecule has 4 rings (SSSR count). The number of amides is 1. The van der Waals surface area contributed by atoms with Gasteiger partial charge in [0.2, 0.25) is 17.6 Å². The van der Waals surface area contributed by atoms with E-state index in [1.54, 1.807) is 4.90 Å². The zero-order valence-electron chi connectivity index (χ0n) is 16.7. The summed E-state index contributed by atoms with van der Waals surface area (Å²) in [5, 5.41) is 22.6. The molecule has 0 aliphatic heterocycles. The van der Waals surface area contributed by atoms with E-state index >= 15 is 0 Å². The Kier molecular flexibility index (Phi) is 5.94. The molecular formula is C20H21N7O2S. The molecule has 30 heavy (non-hydrogen) atoms. The Balaban J connectivity index is 1.45. The van der Waals surface area contributed by atoms with Crippen molar-refractivity contribution in [2.24, 2.45) is 0 Å². The van der Waals surface area contributed by atoms with Crippen LogP contribution in [0.2, 0.25) is 0 Å². The fourth-order valence-corrected chi connectivity index (χ4v) is 3.65. The van der Waals surface area contributed by atoms with Crippen LogP contribution in [0, 0.1) is 6.92 Å². The van der Waals surface area contributed by atoms with Gasteiger partial charge in [0.05, 0.1) is 11.4 Å². The number of hydrogen-bond donors (Lipinski definition) is 0. The molecule has 0 aliphatic rings. The number of benzene rings is 1. The van der Waals surface area contributed by atoms with E-state index < -0.39 is 0 Å². The highest BCUT2D eigenvalue weighted by Crippen LogP contribution is 2.23. The summed E-state index contributed by atoms with van der Waals surface area (Å²) in [6.07, 6.45) is 0.802. The monoisotopic (exact) mass is 423 g/mol. The fraction of sp³-hybridized carbons (Fsp3) is 0.300. The normalized spacial score (nSPS) is 11.0. The van der Waals surface area contributed by atoms with Crippen LogP contribution in [0.1, 0.15) is 24.8 Å². The number of aromatic nitrogens is 6. The molecule has 9 nitrogen and oxygen atoms in total. The minimum Gasteiger partial charge on any atom is -0.418 e. The van der Waals surface area contributed by atoms with Crippen molar-refractivity contribution in [1.82, 2.24) is 35.3 Å². The second kappa shape index (κ2) is 8.95. The summed E-state index contributed by atoms with van der Waals surface area (Å²) >= 11 is 1.52. The molecular weight excluding hydrogens is 402 g/mol. The first-order valence-corrected chi connectivity index (χ1v) is 10.5. The molecule has 0 radical (unpaired) electrons. The molecule has 1 amide bonds. The molecule has 3 heterocycles. The number of carbonyl (C=O) groups excluding carboxylic acids is 1. The molecule has 1 aromatic carbocycles. The van der Waals surface area contributed by atoms with Crippen LogP contribution in [0.3, 0.4) is 0 Å². The largest absolute Gasteiger partial charge is 0.418 e. The third-order valence-electron chi connectivity index (χ3n) is 4.49. The summed E-state index contributed by atoms with van der Waals surface area (Å²) in [6, 6.07) is 11.6. The zero-order chi connectivity index (χ0) is 20.9. The van der Waals surface area contributed by atoms with E-state index in [1.165, 1.54) is 16.1 Å². The van der Waals surface area contributed by atoms with Gasteiger partial charge in [-0.25, -0.2) is 0 Å². The molecule has 0 unspecified atom stereocenters. The minimum atomic E-state index is -0.138. The number of rotatable bonds is 8. The van der Waals surface area contributed by atoms with Gasteiger partial charge in [0.15, 0.2) is 0 Å². The molecule has 0 saturated heterocycles. The maximum atomic E-state index is 12.9. The number of aryl methyl sites for hydroxylation is 1. The summed E-state index contributed by atoms with van der Waals surface area (Å²) < 4.78 is 5.72. The van der Waals surface area contributed by atoms with Gasteiger partial charge < -0.3 is 9.32 Å². The van der Waals surface area contributed by atoms with Gasteiger partial charge in [-0.1, -0.05) is 37.3 Å². The smallest absolute Gasteiger partial charge is 0.257 e. The number of nitrogens with zero attached hydrogens (tertiary/aromatic N) is 7. The Labute approximate surface area is 177 Å². The van der Waals surface area contributed by atoms with Crippen molar-refractivity contribution in [2.45, 2.75) is 33.4 Å². The lowest BCUT2D eigenvalue weighted by atomic mass is 10.1. The molecule has 0 bridgehead atoms. The van der Waals surface area contributed by atoms with Gasteiger partial charge in [-0.15, -0.1) is 31.7 Å². The Bertz CT molecular complexity index is 1120. The Morgan fingerprint density at radius 1 is 1.17 bits per heavy atom. The first-order valence-electron chi connectivity index (χ1n) is 9.62. The molecule has 0 atom stereocenters. The van der Waals surface area contributed by atoms with Crippen molar-refractivity contribution in [3.63, 3.8) is 0 Å². The van der Waals surface area contributed by atoms with E-state index in [0.717, 1.165) is 22.4 Å². The first kappa shape index (κ1) is 19.9. The standard InChI is InChI=1S/C20H21N7O2S/c1-3-10-26(12-17-21-23-20(29-17)16-9-6-11-30-16)18(28)13-27-24-19(22-25-27)15-8-5-4-7-14(15)2/h4-9,11H,3,10,12-13H2,1-2H3. The first-order chi connectivity index (χ1) is 14.6. The third kappa shape index (κ3) is 4.43. The average molecular weight is 424 g/mol. The van der Waals surface area contributed by atoms with Crippen LogP contribution in [0.25, 0.3) is 22.2 Å². The second-order valence-electron chi connectivity index (χ2n) is 6.75. The summed E-state index contributed by atoms with van der Waals surface area (Å²) in [5.74, 6) is 1.22. The fourth-order valence-electron chi connectivity index (χ4n) is 3.01. The van der Waals surface area contributed by atoms with Crippen molar-refractivity contribution >= 4 is 17.2 Å². The van der Waals surface area contributed by atoms with E-state index in [9.17, 15) is 4.79 Å². The Hall–Kier alpha value is -3.40. The highest BCUT2D eigenvalue weighted by molar-refractivity contribution is 7.13. The van der Waals surface area contributed by atoms with Crippen LogP contribution >= 0.6 is 11.3 Å². The number of tetrazole rings is 1. The van der Waals surface area contributed by atoms with Gasteiger partial charge in [-0.2, -0.15) is 4.80 Å². The van der Waals surface area contributed by atoms with E-state index in [1.807, 2.05) is 55.6 Å². The summed E-state index contributed by atoms with van der Waals surface area (Å²) in [4.78, 5) is 16.8. The quantitative estimate of drug-likeness (QED) is 0.429. The summed E-state index contributed by atoms with van der Waals surface area (Å²) in [6.45, 7) is 4.79. The van der Waals surface area contributed by atoms with E-state index in [0.29, 0.717) is 24.2 Å². The molecule has 3 aromatic heterocycles. The predicted molar refractivity (Wildman–Crippen MR) is 111 cm³/mol. The van der Waals surface area contributed by atoms with Crippen molar-refractivity contribution in [3.8, 4) is 22.2 Å². The number of carbonyl (C=O) groups is 1. The van der Waals surface area contributed by atoms with Crippen LogP contribution in [0.15, 0.2) is 46.2 Å². The predicted octanol–water partition coefficient (Wildman–Crippen LogP) is 3.20. The molecule has 0 saturated carbocycles. The van der Waals surface area contributed by atoms with Crippen molar-refractivity contribution in [2.75, 3.05) is 6.54 Å². The van der Waals surface area contributed by atoms with Crippen LogP contribution in [-0.2, 0) is 17.9 Å². The zero-order valence-corrected chi connectivity index (χ0v) is 17.5. The van der Waals surface area contributed by atoms with E-state index in [2.05, 4.69) is 25.6 Å². The maximum Gasteiger partial charge on any atom is 0.257 e. The Morgan fingerprint density at radius 3 is 2.80 bits per heavy atom. The topological polar surface area (TPSA) is 103 Å². The van der Waals surface area contributed by atoms with Crippen molar-refractivity contribution in [3.05, 3.63) is 53.2 Å². The van der Waals surface area contributed by atoms with E-state index in [-0.39, 0.29) is 19.0 Å². The third-order valence-corrected chi connectivity index (χ3v) is 5.34. The van der Waals surface area contributed by atoms with Crippen LogP contribution < -0.4 is 0 Å². The van der Waals surface area contributed by atoms with Gasteiger partial charge >= 0.3 is 0 Å². The van der Waals surface area contributed by atoms with Gasteiger partial charge in [-0.3, -0.25) is 4.79 Å². The summed E-state index contributed by atoms with van der Waals surface area (Å²) in [5.41, 5.74) is 1.95. The van der Waals surface area contributed by atoms with Gasteiger partial charge in [0, 0.05) is 12.1 Å². The lowest BCUT2D eigenvalue weighted by Gasteiger charge is -2.19. The molecule has 0 spiro atoms. The maximum absolute atomic E-state index is 12.9. The lowest BCUT2D eigenvalue weighted by Crippen LogP contribution is -2.34. The van der Waals surface area contributed by atoms with Crippen LogP contribution in [-0.4, -0.2) is 47.8 Å². The second-order valence-corrected chi connectivity index (χ2v) is 7.70. The Morgan fingerprint density at radius 2 is 2.03 bits per heavy atom. The molecule has 0 fully saturated rings. The van der Waals surface area contributed by atoms with Crippen molar-refractivity contribution < 1.29 is 9.21 Å². The van der Waals surface area contributed by atoms with E-state index in [4.69, 9.17) is 4.42 Å². The SMILES string of the molecule is CCCN(Cc1nnc(-c2cccs2)o1)C(=O)Cn1nnc(-c2ccccc2C)n1. The molecule has 10 heteroatoms. The minimum absolute atomic E-state index is 0.00913. The average Bonchev–Trinajstić information content (AvgIpc) is 3.50. The highest BCUT2D eigenvalue weighted by Gasteiger charge is 2.19. The van der Waals surface area contributed by atoms with Crippen molar-refractivity contribution in [1.29, 1.82) is 0 Å². The van der Waals surface area contributed by atoms with Gasteiger partial charge in [0.1, 0.15) is 6.54 Å². The molecule has 154 valence electrons. The lowest BCUT2D eigenvalue weighted by molar-refractivity contribution is -0.133. The molecule has 4 aromatic rings. The summed E-state index contributed by atoms with van der Waals surface area (Å²) in [7, 11) is 0. The molecule has 0 N–H and O–H groups in total. The van der Waals surface area contributed by atoms with Crippen LogP contribution in [0.5, 0.6) is 0 Å². The number of thiophene rings is 1. The number of hydrogen-bond acceptors (Lipinski definition) is 8. The molecule has 0 aliphatic carbocycles. The highest BCUT2D eigenvalue weighted by atomic mass is 32.1.